The number of nitrogens with two attached hydrogens (primary N) is 5. The molecule has 0 aliphatic rings. The van der Waals surface area contributed by atoms with Crippen molar-refractivity contribution in [3.8, 4) is 0 Å². The van der Waals surface area contributed by atoms with Gasteiger partial charge in [0.2, 0.25) is 76.8 Å². The van der Waals surface area contributed by atoms with Gasteiger partial charge >= 0.3 is 5.97 Å². The highest BCUT2D eigenvalue weighted by atomic mass is 16.4. The van der Waals surface area contributed by atoms with Crippen molar-refractivity contribution in [1.82, 2.24) is 84.4 Å². The summed E-state index contributed by atoms with van der Waals surface area (Å²) in [6.07, 6.45) is 2.21. The molecular formula is C68H104N24O15. The molecule has 586 valence electrons. The van der Waals surface area contributed by atoms with Crippen LogP contribution in [0.1, 0.15) is 123 Å². The molecule has 30 N–H and O–H groups in total. The summed E-state index contributed by atoms with van der Waals surface area (Å²) >= 11 is 0. The van der Waals surface area contributed by atoms with E-state index in [2.05, 4.69) is 84.4 Å². The van der Waals surface area contributed by atoms with E-state index < -0.39 is 174 Å². The Balaban J connectivity index is 1.60. The van der Waals surface area contributed by atoms with Crippen molar-refractivity contribution in [3.05, 3.63) is 72.1 Å². The first-order valence-electron chi connectivity index (χ1n) is 35.0. The van der Waals surface area contributed by atoms with E-state index in [1.165, 1.54) is 13.8 Å². The maximum atomic E-state index is 14.8. The van der Waals surface area contributed by atoms with E-state index in [0.29, 0.717) is 39.4 Å². The molecule has 4 aromatic rings. The zero-order valence-corrected chi connectivity index (χ0v) is 60.8. The number of H-pyrrole nitrogens is 2. The lowest BCUT2D eigenvalue weighted by atomic mass is 9.97. The molecule has 2 aromatic carbocycles. The molecule has 39 nitrogen and oxygen atoms in total. The molecule has 13 amide bonds. The second-order valence-electron chi connectivity index (χ2n) is 26.2. The second-order valence-corrected chi connectivity index (χ2v) is 26.2. The van der Waals surface area contributed by atoms with E-state index in [1.54, 1.807) is 88.6 Å². The van der Waals surface area contributed by atoms with Crippen LogP contribution in [0.5, 0.6) is 0 Å². The Morgan fingerprint density at radius 2 is 0.813 bits per heavy atom. The number of guanidine groups is 3. The summed E-state index contributed by atoms with van der Waals surface area (Å²) in [5, 5.41) is 69.7. The van der Waals surface area contributed by atoms with Gasteiger partial charge in [-0.1, -0.05) is 70.5 Å². The van der Waals surface area contributed by atoms with Gasteiger partial charge in [-0.25, -0.2) is 4.79 Å². The van der Waals surface area contributed by atoms with E-state index in [9.17, 15) is 72.2 Å². The van der Waals surface area contributed by atoms with Crippen molar-refractivity contribution < 1.29 is 72.2 Å². The van der Waals surface area contributed by atoms with Crippen LogP contribution in [0, 0.1) is 28.1 Å². The number of aromatic amines is 2. The van der Waals surface area contributed by atoms with Crippen LogP contribution in [0.25, 0.3) is 21.8 Å². The Kier molecular flexibility index (Phi) is 35.8. The van der Waals surface area contributed by atoms with E-state index in [1.807, 2.05) is 0 Å². The summed E-state index contributed by atoms with van der Waals surface area (Å²) in [5.41, 5.74) is 29.3. The normalized spacial score (nSPS) is 14.1. The fraction of sp³-hybridized carbons (Fsp3) is 0.515. The fourth-order valence-electron chi connectivity index (χ4n) is 11.1. The predicted octanol–water partition coefficient (Wildman–Crippen LogP) is -4.45. The van der Waals surface area contributed by atoms with Crippen molar-refractivity contribution in [2.75, 3.05) is 26.2 Å². The Morgan fingerprint density at radius 1 is 0.421 bits per heavy atom. The number of benzene rings is 2. The molecule has 107 heavy (non-hydrogen) atoms. The molecule has 0 fully saturated rings. The van der Waals surface area contributed by atoms with Crippen LogP contribution < -0.4 is 103 Å². The van der Waals surface area contributed by atoms with Crippen LogP contribution in [0.2, 0.25) is 0 Å². The number of carboxylic acids is 1. The Labute approximate surface area is 617 Å². The van der Waals surface area contributed by atoms with Crippen LogP contribution >= 0.6 is 0 Å². The fourth-order valence-corrected chi connectivity index (χ4v) is 11.1. The first-order valence-corrected chi connectivity index (χ1v) is 35.0. The third-order valence-corrected chi connectivity index (χ3v) is 17.2. The third kappa shape index (κ3) is 30.3. The first kappa shape index (κ1) is 87.3. The molecule has 11 unspecified atom stereocenters. The highest BCUT2D eigenvalue weighted by Crippen LogP contribution is 2.22. The lowest BCUT2D eigenvalue weighted by Gasteiger charge is -2.28. The van der Waals surface area contributed by atoms with Gasteiger partial charge in [-0.05, 0) is 93.9 Å². The van der Waals surface area contributed by atoms with Crippen molar-refractivity contribution >= 4 is 122 Å². The summed E-state index contributed by atoms with van der Waals surface area (Å²) in [4.78, 5) is 197. The number of aliphatic carboxylic acids is 1. The van der Waals surface area contributed by atoms with Crippen molar-refractivity contribution in [3.63, 3.8) is 0 Å². The predicted molar refractivity (Wildman–Crippen MR) is 394 cm³/mol. The topological polar surface area (TPSA) is 661 Å². The number of nitrogens with one attached hydrogen (secondary N) is 19. The molecular weight excluding hydrogens is 1390 g/mol. The van der Waals surface area contributed by atoms with Gasteiger partial charge in [0.15, 0.2) is 17.9 Å². The molecule has 0 spiro atoms. The second kappa shape index (κ2) is 43.9. The maximum absolute atomic E-state index is 14.8. The van der Waals surface area contributed by atoms with Crippen LogP contribution in [-0.4, -0.2) is 202 Å². The average Bonchev–Trinajstić information content (AvgIpc) is 1.72. The minimum absolute atomic E-state index is 0.0000895. The summed E-state index contributed by atoms with van der Waals surface area (Å²) in [6, 6.07) is -0.705. The van der Waals surface area contributed by atoms with Gasteiger partial charge in [0.05, 0.1) is 13.0 Å². The summed E-state index contributed by atoms with van der Waals surface area (Å²) in [5.74, 6) is -15.2. The smallest absolute Gasteiger partial charge is 0.326 e. The van der Waals surface area contributed by atoms with E-state index in [0.717, 1.165) is 0 Å². The molecule has 4 rings (SSSR count). The Hall–Kier alpha value is -12.1. The van der Waals surface area contributed by atoms with Gasteiger partial charge in [0, 0.05) is 79.5 Å². The van der Waals surface area contributed by atoms with E-state index in [4.69, 9.17) is 44.9 Å². The number of carbonyl (C=O) groups is 14. The number of carbonyl (C=O) groups excluding carboxylic acids is 13. The van der Waals surface area contributed by atoms with Gasteiger partial charge in [-0.2, -0.15) is 0 Å². The average molecular weight is 1500 g/mol. The van der Waals surface area contributed by atoms with Gasteiger partial charge in [-0.15, -0.1) is 0 Å². The minimum Gasteiger partial charge on any atom is -0.480 e. The number of para-hydroxylation sites is 2. The van der Waals surface area contributed by atoms with Crippen molar-refractivity contribution in [1.29, 1.82) is 16.2 Å². The zero-order chi connectivity index (χ0) is 79.6. The SMILES string of the molecule is CCC(C)C(NC(=O)CNC(=O)CCCC(N)=O)C(=O)NC(CCCNC(=N)N)C(=O)NC(C)C(=O)NC(Cc1c[nH]c2ccccc12)C(=O)NC(C(=O)NC(C)C(=O)NC(Cc1c[nH]c2ccccc12)C(=O)NC(CCCNC(=N)N)C(=O)NC(CC(N)=O)C(=O)NC(CCCNC(=N)N)C(=O)O)C(C)C. The first-order chi connectivity index (χ1) is 50.6. The number of carboxylic acid groups (broad SMARTS) is 1. The lowest BCUT2D eigenvalue weighted by Crippen LogP contribution is -2.61. The van der Waals surface area contributed by atoms with Crippen LogP contribution in [0.15, 0.2) is 60.9 Å². The van der Waals surface area contributed by atoms with Crippen LogP contribution in [-0.2, 0) is 80.0 Å². The number of hydrogen-bond donors (Lipinski definition) is 25. The molecule has 2 heterocycles. The summed E-state index contributed by atoms with van der Waals surface area (Å²) in [6.45, 7) is 8.90. The molecule has 39 heteroatoms. The number of rotatable bonds is 47. The maximum Gasteiger partial charge on any atom is 0.326 e. The number of hydrogen-bond acceptors (Lipinski definition) is 17. The van der Waals surface area contributed by atoms with Gasteiger partial charge in [-0.3, -0.25) is 78.6 Å². The number of primary amides is 2. The number of aromatic nitrogens is 2. The molecule has 11 atom stereocenters. The Morgan fingerprint density at radius 3 is 1.26 bits per heavy atom. The van der Waals surface area contributed by atoms with Gasteiger partial charge < -0.3 is 118 Å². The molecule has 2 aromatic heterocycles. The highest BCUT2D eigenvalue weighted by molar-refractivity contribution is 6.00. The van der Waals surface area contributed by atoms with Crippen LogP contribution in [0.4, 0.5) is 0 Å². The molecule has 0 bridgehead atoms. The molecule has 0 aliphatic heterocycles. The largest absolute Gasteiger partial charge is 0.480 e. The number of fused-ring (bicyclic) bond motifs is 2. The van der Waals surface area contributed by atoms with E-state index >= 15 is 0 Å². The zero-order valence-electron chi connectivity index (χ0n) is 60.8. The van der Waals surface area contributed by atoms with Crippen molar-refractivity contribution in [2.24, 2.45) is 40.5 Å². The Bertz CT molecular complexity index is 3820. The van der Waals surface area contributed by atoms with Gasteiger partial charge in [0.1, 0.15) is 60.4 Å². The van der Waals surface area contributed by atoms with Gasteiger partial charge in [0.25, 0.3) is 0 Å². The standard InChI is InChI=1S/C68H104N24O15/c1-7-35(4)55(91-53(96)33-82-52(95)24-12-23-50(69)93)64(105)86-44(20-13-25-77-66(71)72)58(99)83-36(5)56(97)89-48(29-39-32-81-43-19-11-9-17-41(39)43)62(103)92-54(34(2)3)63(104)84-37(6)57(98)88-47(28-38-31-80-42-18-10-8-16-40(38)42)60(101)85-45(21-14-26-78-67(73)74)59(100)90-49(30-51(70)94)61(102)87-46(65(106)107)22-15-27-79-68(75)76/h8-11,16-19,31-32,34-37,44-49,54-55,80-81H,7,12-15,20-30,33H2,1-6H3,(H2,69,93)(H2,70,94)(H,82,95)(H,83,99)(H,84,104)(H,85,101)(H,86,105)(H,87,102)(H,88,98)(H,89,97)(H,90,100)(H,91,96)(H,92,103)(H,106,107)(H4,71,72,77)(H4,73,74,78)(H4,75,76,79). The monoisotopic (exact) mass is 1500 g/mol. The van der Waals surface area contributed by atoms with E-state index in [-0.39, 0.29) is 102 Å². The summed E-state index contributed by atoms with van der Waals surface area (Å²) < 4.78 is 0. The highest BCUT2D eigenvalue weighted by Gasteiger charge is 2.37. The summed E-state index contributed by atoms with van der Waals surface area (Å²) in [7, 11) is 0. The number of amides is 13. The van der Waals surface area contributed by atoms with Crippen LogP contribution in [0.3, 0.4) is 0 Å². The molecule has 0 saturated carbocycles. The molecule has 0 saturated heterocycles. The quantitative estimate of drug-likeness (QED) is 0.0113. The minimum atomic E-state index is -1.78. The third-order valence-electron chi connectivity index (χ3n) is 17.2. The molecule has 0 aliphatic carbocycles. The molecule has 0 radical (unpaired) electrons. The lowest BCUT2D eigenvalue weighted by molar-refractivity contribution is -0.142. The van der Waals surface area contributed by atoms with Crippen molar-refractivity contribution in [2.45, 2.75) is 185 Å².